The number of piperazine rings is 1. The summed E-state index contributed by atoms with van der Waals surface area (Å²) in [4.78, 5) is 30.8. The minimum Gasteiger partial charge on any atom is -0.370 e. The molecule has 0 aliphatic carbocycles. The molecule has 2 amide bonds. The van der Waals surface area contributed by atoms with Crippen molar-refractivity contribution in [1.29, 1.82) is 0 Å². The molecule has 2 heterocycles. The van der Waals surface area contributed by atoms with Gasteiger partial charge in [0, 0.05) is 51.5 Å². The molecular weight excluding hydrogens is 244 g/mol. The lowest BCUT2D eigenvalue weighted by Gasteiger charge is -2.34. The monoisotopic (exact) mass is 262 g/mol. The van der Waals surface area contributed by atoms with Gasteiger partial charge in [-0.2, -0.15) is 0 Å². The summed E-state index contributed by atoms with van der Waals surface area (Å²) in [5.74, 6) is -0.267. The van der Waals surface area contributed by atoms with Crippen LogP contribution >= 0.6 is 0 Å². The summed E-state index contributed by atoms with van der Waals surface area (Å²) in [7, 11) is 0. The summed E-state index contributed by atoms with van der Waals surface area (Å²) in [5, 5.41) is 0. The van der Waals surface area contributed by atoms with Crippen molar-refractivity contribution in [2.24, 2.45) is 5.73 Å². The Bertz CT molecular complexity index is 441. The van der Waals surface area contributed by atoms with E-state index in [0.717, 1.165) is 13.1 Å². The zero-order valence-electron chi connectivity index (χ0n) is 10.8. The molecule has 0 radical (unpaired) electrons. The summed E-state index contributed by atoms with van der Waals surface area (Å²) in [6.07, 6.45) is 3.61. The van der Waals surface area contributed by atoms with Gasteiger partial charge in [0.1, 0.15) is 0 Å². The SMILES string of the molecule is NC(=O)CCN1CCN(C(=O)c2cccnc2)CC1. The zero-order valence-corrected chi connectivity index (χ0v) is 10.8. The molecule has 2 N–H and O–H groups in total. The first-order chi connectivity index (χ1) is 9.16. The Kier molecular flexibility index (Phi) is 4.46. The third-order valence-corrected chi connectivity index (χ3v) is 3.24. The molecule has 0 atom stereocenters. The molecule has 102 valence electrons. The van der Waals surface area contributed by atoms with Crippen molar-refractivity contribution in [1.82, 2.24) is 14.8 Å². The number of nitrogens with zero attached hydrogens (tertiary/aromatic N) is 3. The second kappa shape index (κ2) is 6.29. The topological polar surface area (TPSA) is 79.5 Å². The quantitative estimate of drug-likeness (QED) is 0.809. The molecule has 1 aliphatic rings. The minimum absolute atomic E-state index is 0.0163. The maximum absolute atomic E-state index is 12.2. The highest BCUT2D eigenvalue weighted by Gasteiger charge is 2.22. The van der Waals surface area contributed by atoms with Crippen LogP contribution in [-0.4, -0.2) is 59.3 Å². The Morgan fingerprint density at radius 2 is 2.00 bits per heavy atom. The average Bonchev–Trinajstić information content (AvgIpc) is 2.46. The Morgan fingerprint density at radius 1 is 1.26 bits per heavy atom. The van der Waals surface area contributed by atoms with Crippen LogP contribution in [0.1, 0.15) is 16.8 Å². The van der Waals surface area contributed by atoms with E-state index in [1.165, 1.54) is 0 Å². The Hall–Kier alpha value is -1.95. The number of amides is 2. The van der Waals surface area contributed by atoms with Crippen LogP contribution in [0.3, 0.4) is 0 Å². The summed E-state index contributed by atoms with van der Waals surface area (Å²) >= 11 is 0. The molecule has 0 bridgehead atoms. The lowest BCUT2D eigenvalue weighted by atomic mass is 10.2. The van der Waals surface area contributed by atoms with Crippen molar-refractivity contribution in [3.05, 3.63) is 30.1 Å². The highest BCUT2D eigenvalue weighted by Crippen LogP contribution is 2.08. The van der Waals surface area contributed by atoms with Crippen molar-refractivity contribution < 1.29 is 9.59 Å². The van der Waals surface area contributed by atoms with E-state index >= 15 is 0 Å². The molecule has 1 fully saturated rings. The molecule has 0 aromatic carbocycles. The fourth-order valence-corrected chi connectivity index (χ4v) is 2.11. The molecule has 1 aromatic rings. The predicted octanol–water partition coefficient (Wildman–Crippen LogP) is -0.285. The fraction of sp³-hybridized carbons (Fsp3) is 0.462. The van der Waals surface area contributed by atoms with Crippen molar-refractivity contribution >= 4 is 11.8 Å². The molecule has 2 rings (SSSR count). The molecular formula is C13H18N4O2. The smallest absolute Gasteiger partial charge is 0.255 e. The van der Waals surface area contributed by atoms with E-state index in [2.05, 4.69) is 9.88 Å². The third kappa shape index (κ3) is 3.75. The number of carbonyl (C=O) groups excluding carboxylic acids is 2. The van der Waals surface area contributed by atoms with E-state index < -0.39 is 0 Å². The van der Waals surface area contributed by atoms with E-state index in [4.69, 9.17) is 5.73 Å². The summed E-state index contributed by atoms with van der Waals surface area (Å²) in [6, 6.07) is 3.53. The van der Waals surface area contributed by atoms with Crippen LogP contribution < -0.4 is 5.73 Å². The lowest BCUT2D eigenvalue weighted by molar-refractivity contribution is -0.118. The van der Waals surface area contributed by atoms with Crippen LogP contribution in [0.15, 0.2) is 24.5 Å². The van der Waals surface area contributed by atoms with Gasteiger partial charge in [-0.3, -0.25) is 19.5 Å². The van der Waals surface area contributed by atoms with Crippen molar-refractivity contribution in [3.63, 3.8) is 0 Å². The van der Waals surface area contributed by atoms with Gasteiger partial charge in [-0.25, -0.2) is 0 Å². The van der Waals surface area contributed by atoms with Gasteiger partial charge in [0.15, 0.2) is 0 Å². The van der Waals surface area contributed by atoms with Crippen LogP contribution in [0.5, 0.6) is 0 Å². The van der Waals surface area contributed by atoms with Crippen LogP contribution in [-0.2, 0) is 4.79 Å². The number of rotatable bonds is 4. The molecule has 0 saturated carbocycles. The number of pyridine rings is 1. The maximum Gasteiger partial charge on any atom is 0.255 e. The summed E-state index contributed by atoms with van der Waals surface area (Å²) < 4.78 is 0. The van der Waals surface area contributed by atoms with E-state index in [1.54, 1.807) is 24.5 Å². The van der Waals surface area contributed by atoms with Gasteiger partial charge >= 0.3 is 0 Å². The zero-order chi connectivity index (χ0) is 13.7. The first kappa shape index (κ1) is 13.5. The largest absolute Gasteiger partial charge is 0.370 e. The van der Waals surface area contributed by atoms with Gasteiger partial charge < -0.3 is 10.6 Å². The van der Waals surface area contributed by atoms with Gasteiger partial charge in [-0.1, -0.05) is 0 Å². The molecule has 1 saturated heterocycles. The van der Waals surface area contributed by atoms with E-state index in [-0.39, 0.29) is 11.8 Å². The predicted molar refractivity (Wildman–Crippen MR) is 70.4 cm³/mol. The lowest BCUT2D eigenvalue weighted by Crippen LogP contribution is -2.49. The number of nitrogens with two attached hydrogens (primary N) is 1. The highest BCUT2D eigenvalue weighted by atomic mass is 16.2. The second-order valence-corrected chi connectivity index (χ2v) is 4.59. The van der Waals surface area contributed by atoms with E-state index in [0.29, 0.717) is 31.6 Å². The van der Waals surface area contributed by atoms with Crippen molar-refractivity contribution in [2.75, 3.05) is 32.7 Å². The Morgan fingerprint density at radius 3 is 2.58 bits per heavy atom. The number of primary amides is 1. The van der Waals surface area contributed by atoms with Crippen LogP contribution in [0, 0.1) is 0 Å². The molecule has 0 spiro atoms. The van der Waals surface area contributed by atoms with Crippen LogP contribution in [0.25, 0.3) is 0 Å². The first-order valence-electron chi connectivity index (χ1n) is 6.37. The third-order valence-electron chi connectivity index (χ3n) is 3.24. The average molecular weight is 262 g/mol. The summed E-state index contributed by atoms with van der Waals surface area (Å²) in [5.41, 5.74) is 5.74. The minimum atomic E-state index is -0.283. The number of hydrogen-bond donors (Lipinski definition) is 1. The molecule has 19 heavy (non-hydrogen) atoms. The van der Waals surface area contributed by atoms with Crippen molar-refractivity contribution in [2.45, 2.75) is 6.42 Å². The maximum atomic E-state index is 12.2. The van der Waals surface area contributed by atoms with Gasteiger partial charge in [0.2, 0.25) is 5.91 Å². The normalized spacial score (nSPS) is 16.3. The number of hydrogen-bond acceptors (Lipinski definition) is 4. The van der Waals surface area contributed by atoms with Gasteiger partial charge in [-0.05, 0) is 12.1 Å². The molecule has 1 aliphatic heterocycles. The highest BCUT2D eigenvalue weighted by molar-refractivity contribution is 5.93. The molecule has 0 unspecified atom stereocenters. The van der Waals surface area contributed by atoms with E-state index in [1.807, 2.05) is 4.90 Å². The number of carbonyl (C=O) groups is 2. The molecule has 6 heteroatoms. The fourth-order valence-electron chi connectivity index (χ4n) is 2.11. The molecule has 1 aromatic heterocycles. The van der Waals surface area contributed by atoms with Crippen LogP contribution in [0.2, 0.25) is 0 Å². The Labute approximate surface area is 112 Å². The number of aromatic nitrogens is 1. The van der Waals surface area contributed by atoms with Gasteiger partial charge in [-0.15, -0.1) is 0 Å². The standard InChI is InChI=1S/C13H18N4O2/c14-12(18)3-5-16-6-8-17(9-7-16)13(19)11-2-1-4-15-10-11/h1-2,4,10H,3,5-9H2,(H2,14,18). The van der Waals surface area contributed by atoms with Crippen LogP contribution in [0.4, 0.5) is 0 Å². The summed E-state index contributed by atoms with van der Waals surface area (Å²) in [6.45, 7) is 3.57. The van der Waals surface area contributed by atoms with Gasteiger partial charge in [0.05, 0.1) is 5.56 Å². The second-order valence-electron chi connectivity index (χ2n) is 4.59. The van der Waals surface area contributed by atoms with E-state index in [9.17, 15) is 9.59 Å². The first-order valence-corrected chi connectivity index (χ1v) is 6.37. The van der Waals surface area contributed by atoms with Crippen molar-refractivity contribution in [3.8, 4) is 0 Å². The molecule has 6 nitrogen and oxygen atoms in total. The Balaban J connectivity index is 1.83. The van der Waals surface area contributed by atoms with Gasteiger partial charge in [0.25, 0.3) is 5.91 Å².